The Labute approximate surface area is 94.3 Å². The second kappa shape index (κ2) is 4.02. The second-order valence-corrected chi connectivity index (χ2v) is 3.82. The van der Waals surface area contributed by atoms with E-state index in [9.17, 15) is 0 Å². The third-order valence-corrected chi connectivity index (χ3v) is 2.78. The molecule has 5 heteroatoms. The molecule has 5 nitrogen and oxygen atoms in total. The minimum Gasteiger partial charge on any atom is -0.319 e. The molecular weight excluding hydrogens is 202 g/mol. The molecule has 0 amide bonds. The monoisotopic (exact) mass is 217 g/mol. The van der Waals surface area contributed by atoms with Gasteiger partial charge in [0.25, 0.3) is 0 Å². The maximum absolute atomic E-state index is 6.18. The van der Waals surface area contributed by atoms with Gasteiger partial charge in [-0.2, -0.15) is 5.10 Å². The van der Waals surface area contributed by atoms with Crippen LogP contribution in [0.5, 0.6) is 0 Å². The molecule has 0 saturated heterocycles. The first-order valence-electron chi connectivity index (χ1n) is 5.13. The number of rotatable bonds is 2. The summed E-state index contributed by atoms with van der Waals surface area (Å²) in [5.41, 5.74) is 9.98. The van der Waals surface area contributed by atoms with Crippen LogP contribution in [0.2, 0.25) is 0 Å². The maximum Gasteiger partial charge on any atom is 0.0800 e. The number of hydrogen-bond donors (Lipinski definition) is 1. The second-order valence-electron chi connectivity index (χ2n) is 3.82. The normalized spacial score (nSPS) is 12.8. The highest BCUT2D eigenvalue weighted by molar-refractivity contribution is 5.33. The third kappa shape index (κ3) is 1.69. The number of nitrogens with two attached hydrogens (primary N) is 1. The van der Waals surface area contributed by atoms with Gasteiger partial charge in [-0.1, -0.05) is 0 Å². The predicted octanol–water partition coefficient (Wildman–Crippen LogP) is 0.875. The lowest BCUT2D eigenvalue weighted by Crippen LogP contribution is -2.15. The van der Waals surface area contributed by atoms with E-state index in [0.717, 1.165) is 22.6 Å². The zero-order valence-electron chi connectivity index (χ0n) is 9.68. The molecule has 0 saturated carbocycles. The molecule has 1 atom stereocenters. The van der Waals surface area contributed by atoms with Gasteiger partial charge < -0.3 is 5.73 Å². The van der Waals surface area contributed by atoms with Crippen molar-refractivity contribution in [1.82, 2.24) is 19.7 Å². The number of aromatic nitrogens is 4. The van der Waals surface area contributed by atoms with Crippen LogP contribution in [0.25, 0.3) is 0 Å². The summed E-state index contributed by atoms with van der Waals surface area (Å²) in [5, 5.41) is 4.35. The highest BCUT2D eigenvalue weighted by Gasteiger charge is 2.19. The van der Waals surface area contributed by atoms with Crippen LogP contribution in [-0.4, -0.2) is 19.7 Å². The van der Waals surface area contributed by atoms with Crippen LogP contribution in [0.4, 0.5) is 0 Å². The Bertz CT molecular complexity index is 489. The third-order valence-electron chi connectivity index (χ3n) is 2.78. The van der Waals surface area contributed by atoms with Gasteiger partial charge >= 0.3 is 0 Å². The Morgan fingerprint density at radius 3 is 2.56 bits per heavy atom. The van der Waals surface area contributed by atoms with E-state index in [4.69, 9.17) is 5.73 Å². The molecule has 2 rings (SSSR count). The fourth-order valence-corrected chi connectivity index (χ4v) is 1.86. The lowest BCUT2D eigenvalue weighted by atomic mass is 10.0. The van der Waals surface area contributed by atoms with Crippen LogP contribution in [0.3, 0.4) is 0 Å². The Kier molecular flexibility index (Phi) is 2.70. The van der Waals surface area contributed by atoms with E-state index in [1.54, 1.807) is 18.6 Å². The van der Waals surface area contributed by atoms with Crippen molar-refractivity contribution in [2.45, 2.75) is 19.9 Å². The van der Waals surface area contributed by atoms with Gasteiger partial charge in [-0.05, 0) is 13.8 Å². The van der Waals surface area contributed by atoms with Crippen molar-refractivity contribution < 1.29 is 0 Å². The van der Waals surface area contributed by atoms with E-state index in [0.29, 0.717) is 0 Å². The van der Waals surface area contributed by atoms with Crippen molar-refractivity contribution in [3.63, 3.8) is 0 Å². The fourth-order valence-electron chi connectivity index (χ4n) is 1.86. The SMILES string of the molecule is Cc1nn(C)c(C)c1C(N)c1cnccn1. The summed E-state index contributed by atoms with van der Waals surface area (Å²) in [7, 11) is 1.91. The van der Waals surface area contributed by atoms with Gasteiger partial charge in [0.1, 0.15) is 0 Å². The number of nitrogens with zero attached hydrogens (tertiary/aromatic N) is 4. The predicted molar refractivity (Wildman–Crippen MR) is 60.7 cm³/mol. The fraction of sp³-hybridized carbons (Fsp3) is 0.364. The average Bonchev–Trinajstić information content (AvgIpc) is 2.54. The first-order valence-corrected chi connectivity index (χ1v) is 5.13. The molecule has 0 aliphatic heterocycles. The molecule has 16 heavy (non-hydrogen) atoms. The summed E-state index contributed by atoms with van der Waals surface area (Å²) in [6.45, 7) is 3.96. The van der Waals surface area contributed by atoms with Gasteiger partial charge in [-0.3, -0.25) is 14.6 Å². The lowest BCUT2D eigenvalue weighted by molar-refractivity contribution is 0.727. The van der Waals surface area contributed by atoms with Gasteiger partial charge in [-0.25, -0.2) is 0 Å². The summed E-state index contributed by atoms with van der Waals surface area (Å²) in [6, 6.07) is -0.262. The minimum atomic E-state index is -0.262. The molecular formula is C11H15N5. The average molecular weight is 217 g/mol. The molecule has 2 heterocycles. The van der Waals surface area contributed by atoms with Crippen molar-refractivity contribution in [1.29, 1.82) is 0 Å². The van der Waals surface area contributed by atoms with Crippen LogP contribution in [0.1, 0.15) is 28.7 Å². The van der Waals surface area contributed by atoms with Crippen molar-refractivity contribution in [3.8, 4) is 0 Å². The molecule has 84 valence electrons. The number of hydrogen-bond acceptors (Lipinski definition) is 4. The van der Waals surface area contributed by atoms with Crippen LogP contribution < -0.4 is 5.73 Å². The smallest absolute Gasteiger partial charge is 0.0800 e. The standard InChI is InChI=1S/C11H15N5/c1-7-10(8(2)16(3)15-7)11(12)9-6-13-4-5-14-9/h4-6,11H,12H2,1-3H3. The summed E-state index contributed by atoms with van der Waals surface area (Å²) in [4.78, 5) is 8.25. The van der Waals surface area contributed by atoms with Gasteiger partial charge in [0.15, 0.2) is 0 Å². The molecule has 2 aromatic heterocycles. The Morgan fingerprint density at radius 2 is 2.06 bits per heavy atom. The van der Waals surface area contributed by atoms with E-state index < -0.39 is 0 Å². The van der Waals surface area contributed by atoms with Crippen LogP contribution in [0.15, 0.2) is 18.6 Å². The Hall–Kier alpha value is -1.75. The minimum absolute atomic E-state index is 0.262. The summed E-state index contributed by atoms with van der Waals surface area (Å²) in [6.07, 6.45) is 4.98. The largest absolute Gasteiger partial charge is 0.319 e. The summed E-state index contributed by atoms with van der Waals surface area (Å²) in [5.74, 6) is 0. The molecule has 0 bridgehead atoms. The Balaban J connectivity index is 2.45. The molecule has 1 unspecified atom stereocenters. The topological polar surface area (TPSA) is 69.6 Å². The Morgan fingerprint density at radius 1 is 1.31 bits per heavy atom. The van der Waals surface area contributed by atoms with E-state index >= 15 is 0 Å². The molecule has 0 aliphatic rings. The van der Waals surface area contributed by atoms with Crippen molar-refractivity contribution in [2.24, 2.45) is 12.8 Å². The van der Waals surface area contributed by atoms with Crippen LogP contribution >= 0.6 is 0 Å². The van der Waals surface area contributed by atoms with E-state index in [-0.39, 0.29) is 6.04 Å². The van der Waals surface area contributed by atoms with Gasteiger partial charge in [0.05, 0.1) is 23.6 Å². The molecule has 2 aromatic rings. The summed E-state index contributed by atoms with van der Waals surface area (Å²) < 4.78 is 1.83. The summed E-state index contributed by atoms with van der Waals surface area (Å²) >= 11 is 0. The van der Waals surface area contributed by atoms with E-state index in [1.165, 1.54) is 0 Å². The highest BCUT2D eigenvalue weighted by atomic mass is 15.3. The molecule has 0 spiro atoms. The number of aryl methyl sites for hydroxylation is 2. The quantitative estimate of drug-likeness (QED) is 0.810. The molecule has 0 radical (unpaired) electrons. The van der Waals surface area contributed by atoms with Crippen molar-refractivity contribution in [3.05, 3.63) is 41.2 Å². The van der Waals surface area contributed by atoms with Crippen molar-refractivity contribution >= 4 is 0 Å². The first kappa shape index (κ1) is 10.8. The molecule has 0 aliphatic carbocycles. The van der Waals surface area contributed by atoms with E-state index in [1.807, 2.05) is 25.6 Å². The van der Waals surface area contributed by atoms with Crippen LogP contribution in [-0.2, 0) is 7.05 Å². The van der Waals surface area contributed by atoms with Crippen LogP contribution in [0, 0.1) is 13.8 Å². The first-order chi connectivity index (χ1) is 7.61. The zero-order valence-corrected chi connectivity index (χ0v) is 9.68. The maximum atomic E-state index is 6.18. The van der Waals surface area contributed by atoms with Gasteiger partial charge in [0.2, 0.25) is 0 Å². The van der Waals surface area contributed by atoms with Crippen molar-refractivity contribution in [2.75, 3.05) is 0 Å². The molecule has 0 aromatic carbocycles. The lowest BCUT2D eigenvalue weighted by Gasteiger charge is -2.11. The van der Waals surface area contributed by atoms with Gasteiger partial charge in [0, 0.05) is 30.7 Å². The van der Waals surface area contributed by atoms with Gasteiger partial charge in [-0.15, -0.1) is 0 Å². The highest BCUT2D eigenvalue weighted by Crippen LogP contribution is 2.23. The van der Waals surface area contributed by atoms with E-state index in [2.05, 4.69) is 15.1 Å². The zero-order chi connectivity index (χ0) is 11.7. The molecule has 0 fully saturated rings. The molecule has 2 N–H and O–H groups in total.